The number of carbonyl (C=O) groups is 1. The molecule has 0 saturated carbocycles. The Bertz CT molecular complexity index is 494. The number of halogens is 2. The number of ether oxygens (including phenoxy) is 1. The molecule has 0 aromatic heterocycles. The second-order valence-electron chi connectivity index (χ2n) is 6.19. The molecule has 1 aromatic rings. The lowest BCUT2D eigenvalue weighted by Gasteiger charge is -2.23. The number of esters is 1. The van der Waals surface area contributed by atoms with Gasteiger partial charge in [0.05, 0.1) is 37.5 Å². The molecule has 2 atom stereocenters. The summed E-state index contributed by atoms with van der Waals surface area (Å²) in [5.74, 6) is -0.342. The molecule has 21 heavy (non-hydrogen) atoms. The van der Waals surface area contributed by atoms with Crippen LogP contribution >= 0.6 is 23.2 Å². The SMILES string of the molecule is CC(Cl)c1cccc(C(=O)OCC[N+](C)(C)C)c1C(C)Cl. The number of nitrogens with zero attached hydrogens (tertiary/aromatic N) is 1. The molecule has 0 bridgehead atoms. The number of quaternary nitrogens is 1. The number of hydrogen-bond donors (Lipinski definition) is 0. The Morgan fingerprint density at radius 2 is 1.81 bits per heavy atom. The van der Waals surface area contributed by atoms with E-state index in [1.54, 1.807) is 6.07 Å². The first-order chi connectivity index (χ1) is 9.63. The molecule has 0 fully saturated rings. The maximum Gasteiger partial charge on any atom is 0.338 e. The summed E-state index contributed by atoms with van der Waals surface area (Å²) >= 11 is 12.4. The molecule has 0 amide bonds. The van der Waals surface area contributed by atoms with Gasteiger partial charge in [0.2, 0.25) is 0 Å². The van der Waals surface area contributed by atoms with Gasteiger partial charge in [0.15, 0.2) is 0 Å². The number of carbonyl (C=O) groups excluding carboxylic acids is 1. The highest BCUT2D eigenvalue weighted by Gasteiger charge is 2.22. The van der Waals surface area contributed by atoms with Crippen molar-refractivity contribution in [2.75, 3.05) is 34.3 Å². The third-order valence-electron chi connectivity index (χ3n) is 3.18. The van der Waals surface area contributed by atoms with Crippen molar-refractivity contribution in [3.05, 3.63) is 34.9 Å². The molecule has 0 heterocycles. The number of hydrogen-bond acceptors (Lipinski definition) is 2. The minimum Gasteiger partial charge on any atom is -0.456 e. The van der Waals surface area contributed by atoms with Gasteiger partial charge in [-0.3, -0.25) is 0 Å². The number of rotatable bonds is 6. The summed E-state index contributed by atoms with van der Waals surface area (Å²) in [5.41, 5.74) is 2.14. The molecule has 0 aliphatic carbocycles. The summed E-state index contributed by atoms with van der Waals surface area (Å²) in [6.45, 7) is 4.83. The summed E-state index contributed by atoms with van der Waals surface area (Å²) < 4.78 is 6.11. The summed E-state index contributed by atoms with van der Waals surface area (Å²) in [4.78, 5) is 12.3. The van der Waals surface area contributed by atoms with Crippen LogP contribution in [0.15, 0.2) is 18.2 Å². The van der Waals surface area contributed by atoms with Gasteiger partial charge < -0.3 is 9.22 Å². The van der Waals surface area contributed by atoms with Crippen LogP contribution in [0.4, 0.5) is 0 Å². The molecule has 0 N–H and O–H groups in total. The number of likely N-dealkylation sites (N-methyl/N-ethyl adjacent to an activating group) is 1. The molecule has 0 aliphatic heterocycles. The van der Waals surface area contributed by atoms with Crippen LogP contribution in [0.2, 0.25) is 0 Å². The first-order valence-electron chi connectivity index (χ1n) is 7.02. The largest absolute Gasteiger partial charge is 0.456 e. The predicted molar refractivity (Wildman–Crippen MR) is 88.2 cm³/mol. The van der Waals surface area contributed by atoms with Gasteiger partial charge in [-0.15, -0.1) is 23.2 Å². The Hall–Kier alpha value is -0.770. The van der Waals surface area contributed by atoms with Crippen molar-refractivity contribution in [3.63, 3.8) is 0 Å². The molecular weight excluding hydrogens is 309 g/mol. The van der Waals surface area contributed by atoms with E-state index < -0.39 is 0 Å². The molecule has 2 unspecified atom stereocenters. The maximum absolute atomic E-state index is 12.3. The van der Waals surface area contributed by atoms with Crippen LogP contribution < -0.4 is 0 Å². The minimum absolute atomic E-state index is 0.208. The lowest BCUT2D eigenvalue weighted by Crippen LogP contribution is -2.38. The lowest BCUT2D eigenvalue weighted by molar-refractivity contribution is -0.870. The van der Waals surface area contributed by atoms with Crippen LogP contribution in [0.3, 0.4) is 0 Å². The fourth-order valence-electron chi connectivity index (χ4n) is 2.04. The molecular formula is C16H24Cl2NO2+. The van der Waals surface area contributed by atoms with Crippen molar-refractivity contribution < 1.29 is 14.0 Å². The lowest BCUT2D eigenvalue weighted by atomic mass is 9.96. The highest BCUT2D eigenvalue weighted by molar-refractivity contribution is 6.23. The summed E-state index contributed by atoms with van der Waals surface area (Å²) in [6.07, 6.45) is 0. The van der Waals surface area contributed by atoms with E-state index in [0.717, 1.165) is 22.2 Å². The van der Waals surface area contributed by atoms with Crippen LogP contribution in [-0.2, 0) is 4.74 Å². The molecule has 5 heteroatoms. The van der Waals surface area contributed by atoms with Crippen LogP contribution in [0.25, 0.3) is 0 Å². The molecule has 1 rings (SSSR count). The van der Waals surface area contributed by atoms with E-state index in [1.807, 2.05) is 26.0 Å². The molecule has 0 aliphatic rings. The molecule has 0 radical (unpaired) electrons. The Labute approximate surface area is 137 Å². The van der Waals surface area contributed by atoms with E-state index in [0.29, 0.717) is 12.2 Å². The van der Waals surface area contributed by atoms with E-state index in [1.165, 1.54) is 0 Å². The van der Waals surface area contributed by atoms with Gasteiger partial charge in [0.25, 0.3) is 0 Å². The van der Waals surface area contributed by atoms with Crippen molar-refractivity contribution in [1.82, 2.24) is 0 Å². The molecule has 1 aromatic carbocycles. The third kappa shape index (κ3) is 5.50. The Kier molecular flexibility index (Phi) is 6.51. The monoisotopic (exact) mass is 332 g/mol. The highest BCUT2D eigenvalue weighted by Crippen LogP contribution is 2.33. The standard InChI is InChI=1S/C16H24Cl2NO2/c1-11(17)13-7-6-8-14(15(13)12(2)18)16(20)21-10-9-19(3,4)5/h6-8,11-12H,9-10H2,1-5H3/q+1. The Morgan fingerprint density at radius 1 is 1.19 bits per heavy atom. The van der Waals surface area contributed by atoms with Crippen LogP contribution in [-0.4, -0.2) is 44.7 Å². The quantitative estimate of drug-likeness (QED) is 0.444. The van der Waals surface area contributed by atoms with Crippen LogP contribution in [0, 0.1) is 0 Å². The average Bonchev–Trinajstić information content (AvgIpc) is 2.35. The highest BCUT2D eigenvalue weighted by atomic mass is 35.5. The summed E-state index contributed by atoms with van der Waals surface area (Å²) in [7, 11) is 6.15. The predicted octanol–water partition coefficient (Wildman–Crippen LogP) is 4.15. The first kappa shape index (κ1) is 18.3. The van der Waals surface area contributed by atoms with Crippen molar-refractivity contribution >= 4 is 29.2 Å². The minimum atomic E-state index is -0.342. The average molecular weight is 333 g/mol. The van der Waals surface area contributed by atoms with Crippen LogP contribution in [0.5, 0.6) is 0 Å². The van der Waals surface area contributed by atoms with Crippen molar-refractivity contribution in [1.29, 1.82) is 0 Å². The van der Waals surface area contributed by atoms with E-state index >= 15 is 0 Å². The van der Waals surface area contributed by atoms with E-state index in [-0.39, 0.29) is 16.7 Å². The second-order valence-corrected chi connectivity index (χ2v) is 7.50. The summed E-state index contributed by atoms with van der Waals surface area (Å²) in [6, 6.07) is 5.45. The van der Waals surface area contributed by atoms with E-state index in [4.69, 9.17) is 27.9 Å². The maximum atomic E-state index is 12.3. The van der Waals surface area contributed by atoms with Gasteiger partial charge in [0.1, 0.15) is 13.2 Å². The van der Waals surface area contributed by atoms with Gasteiger partial charge >= 0.3 is 5.97 Å². The van der Waals surface area contributed by atoms with Crippen molar-refractivity contribution in [3.8, 4) is 0 Å². The van der Waals surface area contributed by atoms with Gasteiger partial charge in [-0.1, -0.05) is 12.1 Å². The van der Waals surface area contributed by atoms with Gasteiger partial charge in [-0.05, 0) is 31.0 Å². The van der Waals surface area contributed by atoms with Gasteiger partial charge in [-0.2, -0.15) is 0 Å². The zero-order valence-electron chi connectivity index (χ0n) is 13.3. The Balaban J connectivity index is 2.96. The zero-order chi connectivity index (χ0) is 16.2. The molecule has 3 nitrogen and oxygen atoms in total. The fourth-order valence-corrected chi connectivity index (χ4v) is 2.48. The Morgan fingerprint density at radius 3 is 2.29 bits per heavy atom. The molecule has 0 saturated heterocycles. The van der Waals surface area contributed by atoms with Gasteiger partial charge in [-0.25, -0.2) is 4.79 Å². The van der Waals surface area contributed by atoms with Crippen molar-refractivity contribution in [2.45, 2.75) is 24.6 Å². The van der Waals surface area contributed by atoms with E-state index in [9.17, 15) is 4.79 Å². The molecule has 0 spiro atoms. The first-order valence-corrected chi connectivity index (χ1v) is 7.89. The van der Waals surface area contributed by atoms with Crippen molar-refractivity contribution in [2.24, 2.45) is 0 Å². The number of alkyl halides is 2. The smallest absolute Gasteiger partial charge is 0.338 e. The van der Waals surface area contributed by atoms with Gasteiger partial charge in [0, 0.05) is 0 Å². The summed E-state index contributed by atoms with van der Waals surface area (Å²) in [5, 5.41) is -0.511. The van der Waals surface area contributed by atoms with Crippen LogP contribution in [0.1, 0.15) is 46.1 Å². The second kappa shape index (κ2) is 7.48. The topological polar surface area (TPSA) is 26.3 Å². The third-order valence-corrected chi connectivity index (χ3v) is 3.63. The molecule has 118 valence electrons. The van der Waals surface area contributed by atoms with E-state index in [2.05, 4.69) is 21.1 Å². The fraction of sp³-hybridized carbons (Fsp3) is 0.562. The normalized spacial score (nSPS) is 14.6. The number of benzene rings is 1. The zero-order valence-corrected chi connectivity index (χ0v) is 14.8.